The molecule has 0 fully saturated rings. The highest BCUT2D eigenvalue weighted by Crippen LogP contribution is 2.28. The van der Waals surface area contributed by atoms with Gasteiger partial charge in [0.15, 0.2) is 0 Å². The van der Waals surface area contributed by atoms with Crippen molar-refractivity contribution in [2.45, 2.75) is 20.3 Å². The second kappa shape index (κ2) is 6.86. The number of nitrogens with zero attached hydrogens (tertiary/aromatic N) is 2. The van der Waals surface area contributed by atoms with Gasteiger partial charge in [0.25, 0.3) is 0 Å². The molecule has 0 radical (unpaired) electrons. The Kier molecular flexibility index (Phi) is 5.15. The van der Waals surface area contributed by atoms with Crippen molar-refractivity contribution in [3.05, 3.63) is 52.1 Å². The summed E-state index contributed by atoms with van der Waals surface area (Å²) in [5, 5.41) is 0. The predicted molar refractivity (Wildman–Crippen MR) is 88.5 cm³/mol. The summed E-state index contributed by atoms with van der Waals surface area (Å²) >= 11 is 3.50. The molecule has 2 rings (SSSR count). The Labute approximate surface area is 129 Å². The monoisotopic (exact) mass is 333 g/mol. The summed E-state index contributed by atoms with van der Waals surface area (Å²) in [6, 6.07) is 12.5. The van der Waals surface area contributed by atoms with Crippen LogP contribution in [0.3, 0.4) is 0 Å². The average molecular weight is 334 g/mol. The number of hydrogen-bond acceptors (Lipinski definition) is 3. The van der Waals surface area contributed by atoms with Crippen LogP contribution < -0.4 is 10.6 Å². The lowest BCUT2D eigenvalue weighted by atomic mass is 10.1. The van der Waals surface area contributed by atoms with Gasteiger partial charge in [-0.3, -0.25) is 0 Å². The van der Waals surface area contributed by atoms with Crippen molar-refractivity contribution in [3.8, 4) is 0 Å². The minimum atomic E-state index is 0.678. The highest BCUT2D eigenvalue weighted by molar-refractivity contribution is 9.10. The van der Waals surface area contributed by atoms with E-state index in [1.54, 1.807) is 0 Å². The molecule has 0 spiro atoms. The fourth-order valence-corrected chi connectivity index (χ4v) is 2.38. The van der Waals surface area contributed by atoms with Crippen molar-refractivity contribution in [3.63, 3.8) is 0 Å². The van der Waals surface area contributed by atoms with Crippen LogP contribution in [0.4, 0.5) is 11.5 Å². The van der Waals surface area contributed by atoms with Gasteiger partial charge in [0, 0.05) is 16.7 Å². The van der Waals surface area contributed by atoms with E-state index in [2.05, 4.69) is 57.0 Å². The number of nitrogens with two attached hydrogens (primary N) is 1. The molecule has 0 aliphatic carbocycles. The largest absolute Gasteiger partial charge is 0.330 e. The Morgan fingerprint density at radius 1 is 1.15 bits per heavy atom. The van der Waals surface area contributed by atoms with Gasteiger partial charge in [-0.15, -0.1) is 0 Å². The van der Waals surface area contributed by atoms with E-state index >= 15 is 0 Å². The van der Waals surface area contributed by atoms with Crippen LogP contribution in [-0.4, -0.2) is 18.1 Å². The molecular formula is C16H20BrN3. The molecule has 0 saturated heterocycles. The van der Waals surface area contributed by atoms with Crippen molar-refractivity contribution in [2.75, 3.05) is 18.0 Å². The number of aromatic nitrogens is 1. The number of halogens is 1. The maximum Gasteiger partial charge on any atom is 0.133 e. The Balaban J connectivity index is 2.41. The molecule has 0 amide bonds. The lowest BCUT2D eigenvalue weighted by Crippen LogP contribution is -2.22. The Morgan fingerprint density at radius 3 is 2.55 bits per heavy atom. The smallest absolute Gasteiger partial charge is 0.133 e. The van der Waals surface area contributed by atoms with Crippen molar-refractivity contribution in [1.82, 2.24) is 4.98 Å². The first kappa shape index (κ1) is 15.0. The summed E-state index contributed by atoms with van der Waals surface area (Å²) in [7, 11) is 0. The molecule has 0 aliphatic rings. The third kappa shape index (κ3) is 3.38. The third-order valence-electron chi connectivity index (χ3n) is 3.28. The molecule has 0 unspecified atom stereocenters. The topological polar surface area (TPSA) is 42.1 Å². The first-order chi connectivity index (χ1) is 9.63. The van der Waals surface area contributed by atoms with Gasteiger partial charge in [-0.05, 0) is 66.5 Å². The van der Waals surface area contributed by atoms with E-state index in [9.17, 15) is 0 Å². The Hall–Kier alpha value is -1.39. The van der Waals surface area contributed by atoms with Gasteiger partial charge in [-0.2, -0.15) is 0 Å². The predicted octanol–water partition coefficient (Wildman–Crippen LogP) is 3.95. The van der Waals surface area contributed by atoms with E-state index in [1.807, 2.05) is 19.1 Å². The SMILES string of the molecule is Cc1ccccc1N(CCCN)c1ccc(Br)c(C)n1. The van der Waals surface area contributed by atoms with E-state index in [0.717, 1.165) is 29.0 Å². The quantitative estimate of drug-likeness (QED) is 0.900. The Morgan fingerprint density at radius 2 is 1.90 bits per heavy atom. The highest BCUT2D eigenvalue weighted by Gasteiger charge is 2.13. The first-order valence-corrected chi connectivity index (χ1v) is 7.59. The molecule has 2 N–H and O–H groups in total. The molecule has 106 valence electrons. The number of rotatable bonds is 5. The maximum atomic E-state index is 5.67. The standard InChI is InChI=1S/C16H20BrN3/c1-12-6-3-4-7-15(12)20(11-5-10-18)16-9-8-14(17)13(2)19-16/h3-4,6-9H,5,10-11,18H2,1-2H3. The van der Waals surface area contributed by atoms with Crippen LogP contribution in [0.2, 0.25) is 0 Å². The number of anilines is 2. The van der Waals surface area contributed by atoms with E-state index in [0.29, 0.717) is 6.54 Å². The van der Waals surface area contributed by atoms with Gasteiger partial charge in [-0.25, -0.2) is 4.98 Å². The van der Waals surface area contributed by atoms with Crippen LogP contribution in [-0.2, 0) is 0 Å². The van der Waals surface area contributed by atoms with Crippen LogP contribution in [0.25, 0.3) is 0 Å². The minimum Gasteiger partial charge on any atom is -0.330 e. The molecule has 4 heteroatoms. The van der Waals surface area contributed by atoms with E-state index in [-0.39, 0.29) is 0 Å². The second-order valence-electron chi connectivity index (χ2n) is 4.82. The number of aryl methyl sites for hydroxylation is 2. The maximum absolute atomic E-state index is 5.67. The summed E-state index contributed by atoms with van der Waals surface area (Å²) in [6.07, 6.45) is 0.936. The van der Waals surface area contributed by atoms with E-state index in [4.69, 9.17) is 5.73 Å². The second-order valence-corrected chi connectivity index (χ2v) is 5.67. The molecule has 0 saturated carbocycles. The van der Waals surface area contributed by atoms with Gasteiger partial charge in [0.05, 0.1) is 5.69 Å². The van der Waals surface area contributed by atoms with Crippen LogP contribution in [0.1, 0.15) is 17.7 Å². The fraction of sp³-hybridized carbons (Fsp3) is 0.312. The van der Waals surface area contributed by atoms with Gasteiger partial charge in [0.2, 0.25) is 0 Å². The van der Waals surface area contributed by atoms with Crippen molar-refractivity contribution in [2.24, 2.45) is 5.73 Å². The molecule has 3 nitrogen and oxygen atoms in total. The third-order valence-corrected chi connectivity index (χ3v) is 4.11. The van der Waals surface area contributed by atoms with Crippen LogP contribution >= 0.6 is 15.9 Å². The number of pyridine rings is 1. The van der Waals surface area contributed by atoms with Crippen molar-refractivity contribution >= 4 is 27.4 Å². The molecule has 0 aliphatic heterocycles. The Bertz CT molecular complexity index is 584. The van der Waals surface area contributed by atoms with Crippen LogP contribution in [0, 0.1) is 13.8 Å². The number of benzene rings is 1. The highest BCUT2D eigenvalue weighted by atomic mass is 79.9. The normalized spacial score (nSPS) is 10.6. The molecule has 1 aromatic carbocycles. The van der Waals surface area contributed by atoms with Gasteiger partial charge < -0.3 is 10.6 Å². The number of hydrogen-bond donors (Lipinski definition) is 1. The fourth-order valence-electron chi connectivity index (χ4n) is 2.16. The average Bonchev–Trinajstić information content (AvgIpc) is 2.44. The van der Waals surface area contributed by atoms with Crippen LogP contribution in [0.15, 0.2) is 40.9 Å². The summed E-state index contributed by atoms with van der Waals surface area (Å²) in [4.78, 5) is 6.92. The molecule has 2 aromatic rings. The molecule has 20 heavy (non-hydrogen) atoms. The lowest BCUT2D eigenvalue weighted by molar-refractivity contribution is 0.806. The molecule has 1 heterocycles. The van der Waals surface area contributed by atoms with Crippen molar-refractivity contribution < 1.29 is 0 Å². The summed E-state index contributed by atoms with van der Waals surface area (Å²) in [6.45, 7) is 5.68. The van der Waals surface area contributed by atoms with Gasteiger partial charge in [0.1, 0.15) is 5.82 Å². The van der Waals surface area contributed by atoms with Crippen molar-refractivity contribution in [1.29, 1.82) is 0 Å². The summed E-state index contributed by atoms with van der Waals surface area (Å²) in [5.74, 6) is 0.966. The van der Waals surface area contributed by atoms with Crippen LogP contribution in [0.5, 0.6) is 0 Å². The number of para-hydroxylation sites is 1. The summed E-state index contributed by atoms with van der Waals surface area (Å²) in [5.41, 5.74) is 9.10. The minimum absolute atomic E-state index is 0.678. The zero-order chi connectivity index (χ0) is 14.5. The van der Waals surface area contributed by atoms with E-state index < -0.39 is 0 Å². The first-order valence-electron chi connectivity index (χ1n) is 6.80. The molecule has 1 aromatic heterocycles. The molecule has 0 bridgehead atoms. The molecule has 0 atom stereocenters. The zero-order valence-corrected chi connectivity index (χ0v) is 13.5. The molecular weight excluding hydrogens is 314 g/mol. The van der Waals surface area contributed by atoms with Gasteiger partial charge >= 0.3 is 0 Å². The summed E-state index contributed by atoms with van der Waals surface area (Å²) < 4.78 is 1.03. The lowest BCUT2D eigenvalue weighted by Gasteiger charge is -2.26. The van der Waals surface area contributed by atoms with Gasteiger partial charge in [-0.1, -0.05) is 18.2 Å². The van der Waals surface area contributed by atoms with E-state index in [1.165, 1.54) is 11.3 Å². The zero-order valence-electron chi connectivity index (χ0n) is 11.9.